The third-order valence-electron chi connectivity index (χ3n) is 5.76. The number of carbonyl (C=O) groups is 2. The molecule has 2 aromatic heterocycles. The number of carbonyl (C=O) groups excluding carboxylic acids is 2. The molecule has 4 rings (SSSR count). The van der Waals surface area contributed by atoms with Gasteiger partial charge in [0.2, 0.25) is 0 Å². The Morgan fingerprint density at radius 3 is 2.26 bits per heavy atom. The molecule has 0 saturated carbocycles. The molecule has 34 heavy (non-hydrogen) atoms. The van der Waals surface area contributed by atoms with Gasteiger partial charge >= 0.3 is 5.69 Å². The second-order valence-corrected chi connectivity index (χ2v) is 7.89. The number of nitrogens with zero attached hydrogens (tertiary/aromatic N) is 3. The predicted molar refractivity (Wildman–Crippen MR) is 129 cm³/mol. The fourth-order valence-electron chi connectivity index (χ4n) is 4.15. The van der Waals surface area contributed by atoms with Crippen molar-refractivity contribution < 1.29 is 9.59 Å². The molecule has 9 heteroatoms. The molecule has 2 aromatic carbocycles. The summed E-state index contributed by atoms with van der Waals surface area (Å²) in [4.78, 5) is 50.8. The number of para-hydroxylation sites is 2. The molecule has 0 saturated heterocycles. The maximum Gasteiger partial charge on any atom is 0.331 e. The van der Waals surface area contributed by atoms with Crippen molar-refractivity contribution in [2.45, 2.75) is 33.9 Å². The Morgan fingerprint density at radius 2 is 1.56 bits per heavy atom. The monoisotopic (exact) mass is 459 g/mol. The van der Waals surface area contributed by atoms with Gasteiger partial charge < -0.3 is 4.57 Å². The van der Waals surface area contributed by atoms with Gasteiger partial charge in [0.25, 0.3) is 17.4 Å². The molecule has 0 bridgehead atoms. The first-order valence-electron chi connectivity index (χ1n) is 10.9. The zero-order chi connectivity index (χ0) is 24.4. The summed E-state index contributed by atoms with van der Waals surface area (Å²) >= 11 is 0. The second-order valence-electron chi connectivity index (χ2n) is 7.89. The van der Waals surface area contributed by atoms with Crippen LogP contribution in [0.1, 0.15) is 28.7 Å². The minimum Gasteiger partial charge on any atom is -0.318 e. The van der Waals surface area contributed by atoms with Crippen molar-refractivity contribution in [1.29, 1.82) is 0 Å². The molecule has 2 heterocycles. The number of rotatable bonds is 5. The van der Waals surface area contributed by atoms with Gasteiger partial charge in [-0.1, -0.05) is 30.3 Å². The minimum atomic E-state index is -0.598. The molecular formula is C25H25N5O4. The Hall–Kier alpha value is -4.40. The third-order valence-corrected chi connectivity index (χ3v) is 5.76. The molecule has 2 N–H and O–H groups in total. The Morgan fingerprint density at radius 1 is 0.882 bits per heavy atom. The SMILES string of the molecule is CCn1c(=O)c2ccccc2n(CC(=O)NNC(=O)c2cc(C)n(-c3ccccc3)c2C)c1=O. The van der Waals surface area contributed by atoms with Crippen LogP contribution in [-0.2, 0) is 17.9 Å². The first-order chi connectivity index (χ1) is 16.3. The highest BCUT2D eigenvalue weighted by Gasteiger charge is 2.18. The van der Waals surface area contributed by atoms with E-state index >= 15 is 0 Å². The van der Waals surface area contributed by atoms with Crippen molar-refractivity contribution in [1.82, 2.24) is 24.6 Å². The van der Waals surface area contributed by atoms with Gasteiger partial charge in [0.15, 0.2) is 0 Å². The lowest BCUT2D eigenvalue weighted by molar-refractivity contribution is -0.122. The van der Waals surface area contributed by atoms with Crippen LogP contribution in [0.4, 0.5) is 0 Å². The van der Waals surface area contributed by atoms with Gasteiger partial charge in [0.1, 0.15) is 6.54 Å². The van der Waals surface area contributed by atoms with E-state index < -0.39 is 23.1 Å². The first kappa shape index (κ1) is 22.8. The molecule has 0 unspecified atom stereocenters. The lowest BCUT2D eigenvalue weighted by Gasteiger charge is -2.13. The molecule has 0 atom stereocenters. The van der Waals surface area contributed by atoms with Crippen molar-refractivity contribution in [3.63, 3.8) is 0 Å². The van der Waals surface area contributed by atoms with Crippen LogP contribution in [0.2, 0.25) is 0 Å². The van der Waals surface area contributed by atoms with Crippen molar-refractivity contribution in [2.24, 2.45) is 0 Å². The molecule has 0 fully saturated rings. The summed E-state index contributed by atoms with van der Waals surface area (Å²) in [6, 6.07) is 18.0. The van der Waals surface area contributed by atoms with Gasteiger partial charge in [-0.15, -0.1) is 0 Å². The van der Waals surface area contributed by atoms with Crippen LogP contribution in [0, 0.1) is 13.8 Å². The number of fused-ring (bicyclic) bond motifs is 1. The highest BCUT2D eigenvalue weighted by atomic mass is 16.2. The van der Waals surface area contributed by atoms with Gasteiger partial charge in [-0.2, -0.15) is 0 Å². The van der Waals surface area contributed by atoms with Crippen LogP contribution in [-0.4, -0.2) is 25.5 Å². The van der Waals surface area contributed by atoms with E-state index in [0.29, 0.717) is 16.5 Å². The van der Waals surface area contributed by atoms with Gasteiger partial charge in [0.05, 0.1) is 16.5 Å². The van der Waals surface area contributed by atoms with Crippen LogP contribution in [0.15, 0.2) is 70.3 Å². The molecule has 4 aromatic rings. The van der Waals surface area contributed by atoms with E-state index in [2.05, 4.69) is 10.9 Å². The van der Waals surface area contributed by atoms with E-state index in [1.165, 1.54) is 4.57 Å². The standard InChI is InChI=1S/C25H25N5O4/c1-4-28-24(33)19-12-8-9-13-21(19)29(25(28)34)15-22(31)26-27-23(32)20-14-16(2)30(17(20)3)18-10-6-5-7-11-18/h5-14H,4,15H2,1-3H3,(H,26,31)(H,27,32). The van der Waals surface area contributed by atoms with Gasteiger partial charge in [-0.25, -0.2) is 4.79 Å². The fraction of sp³-hybridized carbons (Fsp3) is 0.200. The van der Waals surface area contributed by atoms with Crippen molar-refractivity contribution in [3.8, 4) is 5.69 Å². The number of benzene rings is 2. The number of nitrogens with one attached hydrogen (secondary N) is 2. The molecule has 0 spiro atoms. The lowest BCUT2D eigenvalue weighted by Crippen LogP contribution is -2.46. The quantitative estimate of drug-likeness (QED) is 0.446. The Bertz CT molecular complexity index is 1510. The molecule has 0 aliphatic heterocycles. The van der Waals surface area contributed by atoms with Crippen LogP contribution in [0.25, 0.3) is 16.6 Å². The third kappa shape index (κ3) is 4.03. The van der Waals surface area contributed by atoms with E-state index in [1.807, 2.05) is 48.7 Å². The van der Waals surface area contributed by atoms with Gasteiger partial charge in [-0.05, 0) is 51.1 Å². The highest BCUT2D eigenvalue weighted by Crippen LogP contribution is 2.20. The minimum absolute atomic E-state index is 0.178. The topological polar surface area (TPSA) is 107 Å². The van der Waals surface area contributed by atoms with Crippen LogP contribution >= 0.6 is 0 Å². The molecule has 0 radical (unpaired) electrons. The maximum absolute atomic E-state index is 12.8. The Labute approximate surface area is 195 Å². The largest absolute Gasteiger partial charge is 0.331 e. The maximum atomic E-state index is 12.8. The summed E-state index contributed by atoms with van der Waals surface area (Å²) in [7, 11) is 0. The lowest BCUT2D eigenvalue weighted by atomic mass is 10.2. The molecule has 9 nitrogen and oxygen atoms in total. The number of amides is 2. The van der Waals surface area contributed by atoms with Crippen LogP contribution in [0.5, 0.6) is 0 Å². The van der Waals surface area contributed by atoms with Crippen molar-refractivity contribution in [2.75, 3.05) is 0 Å². The number of aryl methyl sites for hydroxylation is 1. The number of hydrogen-bond donors (Lipinski definition) is 2. The second kappa shape index (κ2) is 9.22. The number of hydrazine groups is 1. The zero-order valence-corrected chi connectivity index (χ0v) is 19.2. The van der Waals surface area contributed by atoms with Crippen LogP contribution in [0.3, 0.4) is 0 Å². The number of aromatic nitrogens is 3. The summed E-state index contributed by atoms with van der Waals surface area (Å²) in [5.41, 5.74) is 7.12. The summed E-state index contributed by atoms with van der Waals surface area (Å²) < 4.78 is 4.26. The Kier molecular flexibility index (Phi) is 6.18. The summed E-state index contributed by atoms with van der Waals surface area (Å²) in [6.07, 6.45) is 0. The molecular weight excluding hydrogens is 434 g/mol. The van der Waals surface area contributed by atoms with Crippen molar-refractivity contribution >= 4 is 22.7 Å². The fourth-order valence-corrected chi connectivity index (χ4v) is 4.15. The zero-order valence-electron chi connectivity index (χ0n) is 19.2. The summed E-state index contributed by atoms with van der Waals surface area (Å²) in [5.74, 6) is -1.07. The molecule has 174 valence electrons. The van der Waals surface area contributed by atoms with Gasteiger partial charge in [0, 0.05) is 23.6 Å². The average Bonchev–Trinajstić information content (AvgIpc) is 3.15. The predicted octanol–water partition coefficient (Wildman–Crippen LogP) is 2.05. The van der Waals surface area contributed by atoms with Crippen molar-refractivity contribution in [3.05, 3.63) is 98.5 Å². The number of hydrogen-bond acceptors (Lipinski definition) is 4. The first-order valence-corrected chi connectivity index (χ1v) is 10.9. The molecule has 0 aliphatic rings. The van der Waals surface area contributed by atoms with Gasteiger partial charge in [-0.3, -0.25) is 34.4 Å². The highest BCUT2D eigenvalue weighted by molar-refractivity contribution is 5.97. The van der Waals surface area contributed by atoms with E-state index in [9.17, 15) is 19.2 Å². The van der Waals surface area contributed by atoms with Crippen LogP contribution < -0.4 is 22.1 Å². The average molecular weight is 460 g/mol. The normalized spacial score (nSPS) is 10.9. The van der Waals surface area contributed by atoms with E-state index in [4.69, 9.17) is 0 Å². The molecule has 0 aliphatic carbocycles. The smallest absolute Gasteiger partial charge is 0.318 e. The van der Waals surface area contributed by atoms with E-state index in [0.717, 1.165) is 21.6 Å². The summed E-state index contributed by atoms with van der Waals surface area (Å²) in [5, 5.41) is 0.342. The molecule has 2 amide bonds. The van der Waals surface area contributed by atoms with E-state index in [1.54, 1.807) is 37.3 Å². The van der Waals surface area contributed by atoms with E-state index in [-0.39, 0.29) is 13.1 Å². The Balaban J connectivity index is 1.54. The summed E-state index contributed by atoms with van der Waals surface area (Å²) in [6.45, 7) is 5.24.